The van der Waals surface area contributed by atoms with Crippen LogP contribution in [0.5, 0.6) is 5.75 Å². The number of ether oxygens (including phenoxy) is 1. The molecule has 0 fully saturated rings. The maximum absolute atomic E-state index is 7.65. The van der Waals surface area contributed by atoms with Crippen LogP contribution in [-0.4, -0.2) is 34.9 Å². The number of nitrogens with zero attached hydrogens (tertiary/aromatic N) is 3. The lowest BCUT2D eigenvalue weighted by molar-refractivity contribution is 0.416. The highest BCUT2D eigenvalue weighted by Gasteiger charge is 2.10. The predicted molar refractivity (Wildman–Crippen MR) is 104 cm³/mol. The summed E-state index contributed by atoms with van der Waals surface area (Å²) >= 11 is 1.64. The number of amidine groups is 1. The number of benzene rings is 1. The molecule has 0 bridgehead atoms. The number of thioether (sulfide) groups is 1. The standard InChI is InChI=1S/C17H22N6OS/c1-10(11(2)18)16(19)22-15-7-8-20-17(23-15)21-13-9-12(25-4)5-6-14(13)24-3/h5-10,18H,1-4H3,(H3,19,20,21,22,23). The number of hydrogen-bond donors (Lipinski definition) is 3. The Morgan fingerprint density at radius 2 is 2.16 bits per heavy atom. The number of aliphatic imine (C=N–C) groups is 1. The third-order valence-corrected chi connectivity index (χ3v) is 4.36. The number of anilines is 2. The Hall–Kier alpha value is -2.61. The zero-order valence-electron chi connectivity index (χ0n) is 14.7. The molecule has 1 aromatic heterocycles. The maximum atomic E-state index is 7.65. The first-order valence-corrected chi connectivity index (χ1v) is 8.88. The van der Waals surface area contributed by atoms with Crippen LogP contribution in [0.2, 0.25) is 0 Å². The molecule has 0 spiro atoms. The van der Waals surface area contributed by atoms with Gasteiger partial charge in [0.25, 0.3) is 0 Å². The van der Waals surface area contributed by atoms with Crippen molar-refractivity contribution in [1.29, 1.82) is 5.41 Å². The van der Waals surface area contributed by atoms with Crippen LogP contribution in [0, 0.1) is 11.3 Å². The van der Waals surface area contributed by atoms with Crippen molar-refractivity contribution in [1.82, 2.24) is 9.97 Å². The number of methoxy groups -OCH3 is 1. The van der Waals surface area contributed by atoms with E-state index in [-0.39, 0.29) is 5.92 Å². The Bertz CT molecular complexity index is 792. The topological polar surface area (TPSA) is 109 Å². The molecule has 0 radical (unpaired) electrons. The van der Waals surface area contributed by atoms with E-state index in [4.69, 9.17) is 15.9 Å². The fraction of sp³-hybridized carbons (Fsp3) is 0.294. The van der Waals surface area contributed by atoms with Gasteiger partial charge in [-0.25, -0.2) is 9.98 Å². The molecule has 7 nitrogen and oxygen atoms in total. The monoisotopic (exact) mass is 358 g/mol. The van der Waals surface area contributed by atoms with Crippen molar-refractivity contribution in [3.8, 4) is 5.75 Å². The molecule has 2 rings (SSSR count). The summed E-state index contributed by atoms with van der Waals surface area (Å²) in [4.78, 5) is 14.0. The molecule has 0 amide bonds. The zero-order valence-corrected chi connectivity index (χ0v) is 15.5. The molecule has 8 heteroatoms. The second-order valence-corrected chi connectivity index (χ2v) is 6.25. The van der Waals surface area contributed by atoms with Crippen molar-refractivity contribution < 1.29 is 4.74 Å². The van der Waals surface area contributed by atoms with Gasteiger partial charge in [-0.1, -0.05) is 6.92 Å². The van der Waals surface area contributed by atoms with E-state index < -0.39 is 0 Å². The van der Waals surface area contributed by atoms with Crippen molar-refractivity contribution in [3.63, 3.8) is 0 Å². The summed E-state index contributed by atoms with van der Waals surface area (Å²) in [6.45, 7) is 3.53. The molecule has 0 aliphatic carbocycles. The maximum Gasteiger partial charge on any atom is 0.229 e. The average molecular weight is 358 g/mol. The van der Waals surface area contributed by atoms with Gasteiger partial charge in [0.15, 0.2) is 5.82 Å². The minimum absolute atomic E-state index is 0.232. The van der Waals surface area contributed by atoms with Crippen molar-refractivity contribution in [2.75, 3.05) is 18.7 Å². The predicted octanol–water partition coefficient (Wildman–Crippen LogP) is 3.62. The summed E-state index contributed by atoms with van der Waals surface area (Å²) in [5.74, 6) is 1.64. The van der Waals surface area contributed by atoms with Crippen LogP contribution in [0.25, 0.3) is 0 Å². The minimum Gasteiger partial charge on any atom is -0.495 e. The van der Waals surface area contributed by atoms with Gasteiger partial charge in [0.1, 0.15) is 11.6 Å². The van der Waals surface area contributed by atoms with Crippen molar-refractivity contribution in [3.05, 3.63) is 30.5 Å². The van der Waals surface area contributed by atoms with Gasteiger partial charge in [-0.2, -0.15) is 4.98 Å². The molecule has 0 saturated heterocycles. The first kappa shape index (κ1) is 18.7. The quantitative estimate of drug-likeness (QED) is 0.396. The fourth-order valence-electron chi connectivity index (χ4n) is 1.95. The minimum atomic E-state index is -0.232. The molecule has 4 N–H and O–H groups in total. The van der Waals surface area contributed by atoms with E-state index in [0.29, 0.717) is 29.1 Å². The van der Waals surface area contributed by atoms with Crippen LogP contribution in [0.1, 0.15) is 13.8 Å². The van der Waals surface area contributed by atoms with Gasteiger partial charge >= 0.3 is 0 Å². The average Bonchev–Trinajstić information content (AvgIpc) is 2.61. The summed E-state index contributed by atoms with van der Waals surface area (Å²) in [5, 5.41) is 10.8. The summed E-state index contributed by atoms with van der Waals surface area (Å²) in [5.41, 5.74) is 7.16. The summed E-state index contributed by atoms with van der Waals surface area (Å²) in [6.07, 6.45) is 3.61. The lowest BCUT2D eigenvalue weighted by Gasteiger charge is -2.12. The van der Waals surface area contributed by atoms with E-state index in [1.807, 2.05) is 31.4 Å². The molecule has 1 aromatic carbocycles. The molecule has 2 aromatic rings. The number of nitrogens with one attached hydrogen (secondary N) is 2. The van der Waals surface area contributed by atoms with Gasteiger partial charge in [-0.15, -0.1) is 11.8 Å². The molecule has 0 aliphatic rings. The van der Waals surface area contributed by atoms with Gasteiger partial charge in [0.05, 0.1) is 18.7 Å². The third kappa shape index (κ3) is 4.93. The molecule has 1 heterocycles. The van der Waals surface area contributed by atoms with E-state index in [2.05, 4.69) is 20.3 Å². The molecule has 1 atom stereocenters. The number of hydrogen-bond acceptors (Lipinski definition) is 7. The molecule has 132 valence electrons. The van der Waals surface area contributed by atoms with Crippen LogP contribution in [0.3, 0.4) is 0 Å². The van der Waals surface area contributed by atoms with Crippen LogP contribution < -0.4 is 15.8 Å². The second-order valence-electron chi connectivity index (χ2n) is 5.37. The lowest BCUT2D eigenvalue weighted by atomic mass is 10.1. The van der Waals surface area contributed by atoms with Gasteiger partial charge in [0.2, 0.25) is 5.95 Å². The van der Waals surface area contributed by atoms with Gasteiger partial charge in [0, 0.05) is 22.9 Å². The van der Waals surface area contributed by atoms with E-state index in [1.54, 1.807) is 38.1 Å². The summed E-state index contributed by atoms with van der Waals surface area (Å²) < 4.78 is 5.37. The Morgan fingerprint density at radius 1 is 1.40 bits per heavy atom. The van der Waals surface area contributed by atoms with Crippen LogP contribution in [0.4, 0.5) is 17.5 Å². The molecule has 25 heavy (non-hydrogen) atoms. The third-order valence-electron chi connectivity index (χ3n) is 3.63. The van der Waals surface area contributed by atoms with Crippen molar-refractivity contribution in [2.24, 2.45) is 16.6 Å². The lowest BCUT2D eigenvalue weighted by Crippen LogP contribution is -2.26. The SMILES string of the molecule is COc1ccc(SC)cc1Nc1nccc(N=C(N)C(C)C(C)=N)n1. The van der Waals surface area contributed by atoms with Crippen LogP contribution >= 0.6 is 11.8 Å². The zero-order chi connectivity index (χ0) is 18.4. The number of aromatic nitrogens is 2. The fourth-order valence-corrected chi connectivity index (χ4v) is 2.39. The normalized spacial score (nSPS) is 12.6. The molecule has 1 unspecified atom stereocenters. The van der Waals surface area contributed by atoms with Crippen molar-refractivity contribution >= 4 is 40.8 Å². The Balaban J connectivity index is 2.28. The smallest absolute Gasteiger partial charge is 0.229 e. The summed E-state index contributed by atoms with van der Waals surface area (Å²) in [6, 6.07) is 7.51. The molecule has 0 saturated carbocycles. The first-order chi connectivity index (χ1) is 11.9. The van der Waals surface area contributed by atoms with E-state index in [1.165, 1.54) is 0 Å². The second kappa shape index (κ2) is 8.48. The first-order valence-electron chi connectivity index (χ1n) is 7.65. The number of nitrogens with two attached hydrogens (primary N) is 1. The summed E-state index contributed by atoms with van der Waals surface area (Å²) in [7, 11) is 1.61. The molecular weight excluding hydrogens is 336 g/mol. The Labute approximate surface area is 151 Å². The van der Waals surface area contributed by atoms with Crippen LogP contribution in [-0.2, 0) is 0 Å². The largest absolute Gasteiger partial charge is 0.495 e. The highest BCUT2D eigenvalue weighted by atomic mass is 32.2. The molecule has 0 aliphatic heterocycles. The van der Waals surface area contributed by atoms with Gasteiger partial charge in [-0.3, -0.25) is 0 Å². The van der Waals surface area contributed by atoms with Gasteiger partial charge < -0.3 is 21.2 Å². The van der Waals surface area contributed by atoms with Gasteiger partial charge in [-0.05, 0) is 31.4 Å². The highest BCUT2D eigenvalue weighted by molar-refractivity contribution is 7.98. The van der Waals surface area contributed by atoms with Crippen LogP contribution in [0.15, 0.2) is 40.4 Å². The molecular formula is C17H22N6OS. The van der Waals surface area contributed by atoms with E-state index >= 15 is 0 Å². The Kier molecular flexibility index (Phi) is 6.35. The van der Waals surface area contributed by atoms with Crippen molar-refractivity contribution in [2.45, 2.75) is 18.7 Å². The van der Waals surface area contributed by atoms with E-state index in [9.17, 15) is 0 Å². The highest BCUT2D eigenvalue weighted by Crippen LogP contribution is 2.31. The van der Waals surface area contributed by atoms with E-state index in [0.717, 1.165) is 10.6 Å². The number of rotatable bonds is 7. The Morgan fingerprint density at radius 3 is 2.80 bits per heavy atom.